The molecule has 0 aliphatic carbocycles. The summed E-state index contributed by atoms with van der Waals surface area (Å²) in [4.78, 5) is 12.0. The fraction of sp³-hybridized carbons (Fsp3) is 0.316. The zero-order chi connectivity index (χ0) is 16.1. The van der Waals surface area contributed by atoms with Gasteiger partial charge < -0.3 is 5.32 Å². The number of rotatable bonds is 5. The lowest BCUT2D eigenvalue weighted by molar-refractivity contribution is -0.113. The molecule has 0 aliphatic heterocycles. The number of aryl methyl sites for hydroxylation is 4. The van der Waals surface area contributed by atoms with Gasteiger partial charge in [0.25, 0.3) is 0 Å². The van der Waals surface area contributed by atoms with Crippen LogP contribution in [-0.2, 0) is 10.5 Å². The minimum Gasteiger partial charge on any atom is -0.325 e. The fourth-order valence-corrected chi connectivity index (χ4v) is 3.19. The van der Waals surface area contributed by atoms with Gasteiger partial charge in [-0.3, -0.25) is 4.79 Å². The maximum atomic E-state index is 12.0. The molecule has 116 valence electrons. The Morgan fingerprint density at radius 3 is 2.27 bits per heavy atom. The van der Waals surface area contributed by atoms with Crippen molar-refractivity contribution in [2.45, 2.75) is 33.4 Å². The largest absolute Gasteiger partial charge is 0.325 e. The first-order valence-corrected chi connectivity index (χ1v) is 8.61. The second kappa shape index (κ2) is 7.50. The smallest absolute Gasteiger partial charge is 0.234 e. The highest BCUT2D eigenvalue weighted by molar-refractivity contribution is 7.99. The van der Waals surface area contributed by atoms with E-state index < -0.39 is 0 Å². The molecule has 0 bridgehead atoms. The van der Waals surface area contributed by atoms with Gasteiger partial charge in [-0.15, -0.1) is 11.8 Å². The molecule has 1 N–H and O–H groups in total. The van der Waals surface area contributed by atoms with Crippen LogP contribution in [0, 0.1) is 27.7 Å². The molecule has 0 heterocycles. The van der Waals surface area contributed by atoms with Crippen LogP contribution in [0.3, 0.4) is 0 Å². The van der Waals surface area contributed by atoms with E-state index in [1.165, 1.54) is 27.8 Å². The zero-order valence-electron chi connectivity index (χ0n) is 13.7. The third-order valence-electron chi connectivity index (χ3n) is 3.57. The minimum absolute atomic E-state index is 0.0534. The fourth-order valence-electron chi connectivity index (χ4n) is 2.43. The maximum absolute atomic E-state index is 12.0. The van der Waals surface area contributed by atoms with Gasteiger partial charge in [-0.05, 0) is 56.5 Å². The lowest BCUT2D eigenvalue weighted by Crippen LogP contribution is -2.14. The van der Waals surface area contributed by atoms with Crippen LogP contribution < -0.4 is 5.32 Å². The average Bonchev–Trinajstić information content (AvgIpc) is 2.42. The van der Waals surface area contributed by atoms with Crippen molar-refractivity contribution in [1.82, 2.24) is 0 Å². The molecule has 2 aromatic carbocycles. The van der Waals surface area contributed by atoms with Gasteiger partial charge in [0.05, 0.1) is 5.75 Å². The topological polar surface area (TPSA) is 29.1 Å². The summed E-state index contributed by atoms with van der Waals surface area (Å²) in [6, 6.07) is 12.5. The molecule has 0 fully saturated rings. The number of thioether (sulfide) groups is 1. The highest BCUT2D eigenvalue weighted by atomic mass is 32.2. The first kappa shape index (κ1) is 16.6. The summed E-state index contributed by atoms with van der Waals surface area (Å²) < 4.78 is 0. The van der Waals surface area contributed by atoms with Crippen molar-refractivity contribution in [3.63, 3.8) is 0 Å². The number of anilines is 1. The van der Waals surface area contributed by atoms with Crippen LogP contribution in [0.5, 0.6) is 0 Å². The molecule has 0 aliphatic rings. The van der Waals surface area contributed by atoms with Crippen LogP contribution >= 0.6 is 11.8 Å². The van der Waals surface area contributed by atoms with Gasteiger partial charge in [-0.1, -0.05) is 35.4 Å². The Morgan fingerprint density at radius 2 is 1.64 bits per heavy atom. The van der Waals surface area contributed by atoms with Crippen molar-refractivity contribution in [3.8, 4) is 0 Å². The van der Waals surface area contributed by atoms with Crippen LogP contribution in [0.15, 0.2) is 36.4 Å². The molecule has 1 amide bonds. The monoisotopic (exact) mass is 313 g/mol. The first-order chi connectivity index (χ1) is 10.4. The third kappa shape index (κ3) is 4.92. The van der Waals surface area contributed by atoms with Gasteiger partial charge in [0.2, 0.25) is 5.91 Å². The van der Waals surface area contributed by atoms with Crippen molar-refractivity contribution in [2.75, 3.05) is 11.1 Å². The van der Waals surface area contributed by atoms with Crippen LogP contribution in [0.2, 0.25) is 0 Å². The quantitative estimate of drug-likeness (QED) is 0.859. The summed E-state index contributed by atoms with van der Waals surface area (Å²) in [5, 5.41) is 2.96. The predicted octanol–water partition coefficient (Wildman–Crippen LogP) is 4.79. The molecule has 0 saturated heterocycles. The van der Waals surface area contributed by atoms with Crippen molar-refractivity contribution < 1.29 is 4.79 Å². The van der Waals surface area contributed by atoms with E-state index in [1.807, 2.05) is 18.2 Å². The Hall–Kier alpha value is -1.74. The Balaban J connectivity index is 1.83. The molecular weight excluding hydrogens is 290 g/mol. The molecule has 2 nitrogen and oxygen atoms in total. The standard InChI is InChI=1S/C19H23NOS/c1-13-7-14(2)9-17(8-13)11-22-12-19(21)20-18-6-5-15(3)16(4)10-18/h5-10H,11-12H2,1-4H3,(H,20,21). The number of carbonyl (C=O) groups excluding carboxylic acids is 1. The third-order valence-corrected chi connectivity index (χ3v) is 4.58. The number of benzene rings is 2. The second-order valence-electron chi connectivity index (χ2n) is 5.84. The molecule has 0 atom stereocenters. The van der Waals surface area contributed by atoms with Gasteiger partial charge in [0.1, 0.15) is 0 Å². The van der Waals surface area contributed by atoms with Gasteiger partial charge in [-0.25, -0.2) is 0 Å². The average molecular weight is 313 g/mol. The van der Waals surface area contributed by atoms with Crippen LogP contribution in [0.1, 0.15) is 27.8 Å². The van der Waals surface area contributed by atoms with E-state index >= 15 is 0 Å². The number of amides is 1. The minimum atomic E-state index is 0.0534. The molecule has 3 heteroatoms. The van der Waals surface area contributed by atoms with Crippen molar-refractivity contribution >= 4 is 23.4 Å². The summed E-state index contributed by atoms with van der Waals surface area (Å²) >= 11 is 1.65. The zero-order valence-corrected chi connectivity index (χ0v) is 14.5. The molecular formula is C19H23NOS. The van der Waals surface area contributed by atoms with Crippen LogP contribution in [0.4, 0.5) is 5.69 Å². The highest BCUT2D eigenvalue weighted by Gasteiger charge is 2.04. The van der Waals surface area contributed by atoms with Crippen molar-refractivity contribution in [1.29, 1.82) is 0 Å². The number of hydrogen-bond acceptors (Lipinski definition) is 2. The molecule has 0 radical (unpaired) electrons. The van der Waals surface area contributed by atoms with Gasteiger partial charge in [-0.2, -0.15) is 0 Å². The highest BCUT2D eigenvalue weighted by Crippen LogP contribution is 2.17. The SMILES string of the molecule is Cc1cc(C)cc(CSCC(=O)Nc2ccc(C)c(C)c2)c1. The Labute approximate surface area is 137 Å². The van der Waals surface area contributed by atoms with Crippen molar-refractivity contribution in [2.24, 2.45) is 0 Å². The lowest BCUT2D eigenvalue weighted by atomic mass is 10.1. The van der Waals surface area contributed by atoms with Gasteiger partial charge >= 0.3 is 0 Å². The van der Waals surface area contributed by atoms with Crippen LogP contribution in [-0.4, -0.2) is 11.7 Å². The maximum Gasteiger partial charge on any atom is 0.234 e. The number of nitrogens with one attached hydrogen (secondary N) is 1. The van der Waals surface area contributed by atoms with Crippen LogP contribution in [0.25, 0.3) is 0 Å². The van der Waals surface area contributed by atoms with E-state index in [0.717, 1.165) is 11.4 Å². The Morgan fingerprint density at radius 1 is 0.955 bits per heavy atom. The van der Waals surface area contributed by atoms with E-state index in [-0.39, 0.29) is 5.91 Å². The second-order valence-corrected chi connectivity index (χ2v) is 6.82. The van der Waals surface area contributed by atoms with E-state index in [4.69, 9.17) is 0 Å². The molecule has 2 rings (SSSR count). The molecule has 0 unspecified atom stereocenters. The van der Waals surface area contributed by atoms with E-state index in [0.29, 0.717) is 5.75 Å². The summed E-state index contributed by atoms with van der Waals surface area (Å²) in [5.74, 6) is 1.39. The van der Waals surface area contributed by atoms with E-state index in [1.54, 1.807) is 11.8 Å². The van der Waals surface area contributed by atoms with E-state index in [9.17, 15) is 4.79 Å². The molecule has 0 aromatic heterocycles. The Kier molecular flexibility index (Phi) is 5.67. The predicted molar refractivity (Wildman–Crippen MR) is 96.6 cm³/mol. The molecule has 2 aromatic rings. The lowest BCUT2D eigenvalue weighted by Gasteiger charge is -2.08. The summed E-state index contributed by atoms with van der Waals surface area (Å²) in [5.41, 5.74) is 7.13. The molecule has 0 spiro atoms. The van der Waals surface area contributed by atoms with Gasteiger partial charge in [0, 0.05) is 11.4 Å². The number of carbonyl (C=O) groups is 1. The summed E-state index contributed by atoms with van der Waals surface area (Å²) in [6.45, 7) is 8.33. The summed E-state index contributed by atoms with van der Waals surface area (Å²) in [6.07, 6.45) is 0. The van der Waals surface area contributed by atoms with Crippen molar-refractivity contribution in [3.05, 3.63) is 64.2 Å². The van der Waals surface area contributed by atoms with E-state index in [2.05, 4.69) is 51.2 Å². The molecule has 22 heavy (non-hydrogen) atoms. The summed E-state index contributed by atoms with van der Waals surface area (Å²) in [7, 11) is 0. The normalized spacial score (nSPS) is 10.5. The molecule has 0 saturated carbocycles. The Bertz CT molecular complexity index is 659. The van der Waals surface area contributed by atoms with Gasteiger partial charge in [0.15, 0.2) is 0 Å². The number of hydrogen-bond donors (Lipinski definition) is 1. The first-order valence-electron chi connectivity index (χ1n) is 7.46.